The fourth-order valence-electron chi connectivity index (χ4n) is 9.66. The van der Waals surface area contributed by atoms with E-state index in [1.165, 1.54) is 0 Å². The van der Waals surface area contributed by atoms with Crippen LogP contribution in [0.2, 0.25) is 0 Å². The summed E-state index contributed by atoms with van der Waals surface area (Å²) in [5.41, 5.74) is 8.42. The zero-order chi connectivity index (χ0) is 43.9. The van der Waals surface area contributed by atoms with Gasteiger partial charge in [0.2, 0.25) is 0 Å². The van der Waals surface area contributed by atoms with Crippen molar-refractivity contribution in [3.05, 3.63) is 263 Å². The van der Waals surface area contributed by atoms with Gasteiger partial charge in [-0.2, -0.15) is 0 Å². The van der Waals surface area contributed by atoms with Gasteiger partial charge in [-0.15, -0.1) is 0 Å². The van der Waals surface area contributed by atoms with Gasteiger partial charge in [0.05, 0.1) is 51.6 Å². The molecule has 0 spiro atoms. The van der Waals surface area contributed by atoms with E-state index < -0.39 is 16.9 Å². The van der Waals surface area contributed by atoms with Crippen molar-refractivity contribution in [1.29, 1.82) is 0 Å². The Labute approximate surface area is 376 Å². The van der Waals surface area contributed by atoms with Crippen molar-refractivity contribution >= 4 is 11.4 Å². The molecule has 1 fully saturated rings. The van der Waals surface area contributed by atoms with Crippen LogP contribution in [0.15, 0.2) is 218 Å². The summed E-state index contributed by atoms with van der Waals surface area (Å²) in [6.45, 7) is 0. The van der Waals surface area contributed by atoms with Crippen LogP contribution in [0.3, 0.4) is 0 Å². The molecule has 0 aromatic heterocycles. The molecule has 6 heteroatoms. The number of rotatable bonds is 14. The van der Waals surface area contributed by atoms with Gasteiger partial charge in [0, 0.05) is 0 Å². The van der Waals surface area contributed by atoms with E-state index in [1.54, 1.807) is 28.4 Å². The van der Waals surface area contributed by atoms with Crippen molar-refractivity contribution in [3.8, 4) is 23.0 Å². The van der Waals surface area contributed by atoms with Crippen LogP contribution in [0, 0.1) is 0 Å². The molecule has 1 N–H and O–H groups in total. The molecule has 64 heavy (non-hydrogen) atoms. The minimum atomic E-state index is -0.922. The van der Waals surface area contributed by atoms with E-state index in [0.29, 0.717) is 0 Å². The third-order valence-electron chi connectivity index (χ3n) is 12.7. The first kappa shape index (κ1) is 41.7. The van der Waals surface area contributed by atoms with Gasteiger partial charge in [0.1, 0.15) is 33.8 Å². The van der Waals surface area contributed by atoms with E-state index in [-0.39, 0.29) is 6.04 Å². The van der Waals surface area contributed by atoms with Crippen molar-refractivity contribution in [2.45, 2.75) is 22.9 Å². The SMILES string of the molecule is COc1ccc(C2(c3ccc(OC)cc3)C(=[N+]=C(c3ccccc3)c3ccccc3)C(c3ccc(OC)cc3)(c3ccc(OC)cc3)C2NC(c2ccccc2)c2ccccc2)cc1. The molecule has 9 rings (SSSR count). The second kappa shape index (κ2) is 18.4. The van der Waals surface area contributed by atoms with Gasteiger partial charge < -0.3 is 18.9 Å². The van der Waals surface area contributed by atoms with Gasteiger partial charge in [-0.3, -0.25) is 5.32 Å². The second-order valence-corrected chi connectivity index (χ2v) is 15.9. The number of benzene rings is 8. The molecule has 316 valence electrons. The molecule has 0 aliphatic heterocycles. The Kier molecular flexibility index (Phi) is 12.0. The van der Waals surface area contributed by atoms with Crippen LogP contribution in [-0.2, 0) is 10.8 Å². The van der Waals surface area contributed by atoms with Gasteiger partial charge in [-0.05, 0) is 106 Å². The summed E-state index contributed by atoms with van der Waals surface area (Å²) < 4.78 is 29.4. The quantitative estimate of drug-likeness (QED) is 0.0873. The summed E-state index contributed by atoms with van der Waals surface area (Å²) in [5, 5.41) is 4.44. The van der Waals surface area contributed by atoms with Crippen molar-refractivity contribution in [2.24, 2.45) is 0 Å². The van der Waals surface area contributed by atoms with E-state index in [4.69, 9.17) is 23.6 Å². The Morgan fingerprint density at radius 2 is 0.672 bits per heavy atom. The number of nitrogens with zero attached hydrogens (tertiary/aromatic N) is 1. The molecule has 8 aromatic rings. The Morgan fingerprint density at radius 3 is 0.953 bits per heavy atom. The van der Waals surface area contributed by atoms with E-state index in [0.717, 1.165) is 78.9 Å². The normalized spacial score (nSPS) is 14.8. The number of nitrogens with one attached hydrogen (secondary N) is 1. The Bertz CT molecular complexity index is 2560. The number of hydrogen-bond donors (Lipinski definition) is 1. The maximum atomic E-state index is 6.18. The lowest BCUT2D eigenvalue weighted by atomic mass is 9.39. The average Bonchev–Trinajstić information content (AvgIpc) is 3.38. The van der Waals surface area contributed by atoms with Gasteiger partial charge in [-0.25, -0.2) is 0 Å². The number of methoxy groups -OCH3 is 4. The summed E-state index contributed by atoms with van der Waals surface area (Å²) in [5.74, 6) is 3.05. The van der Waals surface area contributed by atoms with E-state index in [1.807, 2.05) is 12.1 Å². The van der Waals surface area contributed by atoms with Gasteiger partial charge >= 0.3 is 11.4 Å². The van der Waals surface area contributed by atoms with Crippen LogP contribution in [0.25, 0.3) is 0 Å². The maximum Gasteiger partial charge on any atom is 0.341 e. The summed E-state index contributed by atoms with van der Waals surface area (Å²) in [7, 11) is 6.83. The fraction of sp³-hybridized carbons (Fsp3) is 0.138. The molecular weight excluding hydrogens is 789 g/mol. The highest BCUT2D eigenvalue weighted by atomic mass is 16.5. The zero-order valence-corrected chi connectivity index (χ0v) is 36.5. The first-order chi connectivity index (χ1) is 31.5. The molecule has 1 saturated carbocycles. The zero-order valence-electron chi connectivity index (χ0n) is 36.5. The number of ether oxygens (including phenoxy) is 4. The summed E-state index contributed by atoms with van der Waals surface area (Å²) in [4.78, 5) is 0. The Hall–Kier alpha value is -7.63. The van der Waals surface area contributed by atoms with Crippen LogP contribution < -0.4 is 28.9 Å². The molecular formula is C58H51N2O4+. The molecule has 0 unspecified atom stereocenters. The lowest BCUT2D eigenvalue weighted by Crippen LogP contribution is -2.80. The van der Waals surface area contributed by atoms with Crippen LogP contribution in [0.1, 0.15) is 50.5 Å². The molecule has 1 aliphatic rings. The summed E-state index contributed by atoms with van der Waals surface area (Å²) in [6, 6.07) is 75.8. The predicted octanol–water partition coefficient (Wildman–Crippen LogP) is 10.8. The topological polar surface area (TPSA) is 63.1 Å². The summed E-state index contributed by atoms with van der Waals surface area (Å²) in [6.07, 6.45) is 0. The lowest BCUT2D eigenvalue weighted by Gasteiger charge is -2.59. The first-order valence-electron chi connectivity index (χ1n) is 21.6. The third kappa shape index (κ3) is 7.43. The molecule has 0 amide bonds. The van der Waals surface area contributed by atoms with Crippen LogP contribution >= 0.6 is 0 Å². The lowest BCUT2D eigenvalue weighted by molar-refractivity contribution is 0.249. The molecule has 0 saturated heterocycles. The number of hydrogen-bond acceptors (Lipinski definition) is 5. The molecule has 6 nitrogen and oxygen atoms in total. The van der Waals surface area contributed by atoms with Crippen LogP contribution in [0.4, 0.5) is 0 Å². The van der Waals surface area contributed by atoms with Crippen LogP contribution in [0.5, 0.6) is 23.0 Å². The molecule has 0 radical (unpaired) electrons. The van der Waals surface area contributed by atoms with Gasteiger partial charge in [0.25, 0.3) is 0 Å². The van der Waals surface area contributed by atoms with Crippen molar-refractivity contribution in [1.82, 2.24) is 9.98 Å². The maximum absolute atomic E-state index is 6.18. The first-order valence-corrected chi connectivity index (χ1v) is 21.6. The smallest absolute Gasteiger partial charge is 0.341 e. The standard InChI is InChI=1S/C58H51N2O4/c1-61-49-33-25-45(26-34-49)57(46-27-35-50(62-2)36-28-46)55(59-53(41-17-9-5-10-18-41)42-19-11-6-12-20-42)58(47-29-37-51(63-3)38-30-47,48-31-39-52(64-4)40-32-48)56(57)60-54(43-21-13-7-14-22-43)44-23-15-8-16-24-44/h5-40,53,55,59H,1-4H3/q+1. The fourth-order valence-corrected chi connectivity index (χ4v) is 9.66. The molecule has 8 aromatic carbocycles. The largest absolute Gasteiger partial charge is 0.497 e. The Balaban J connectivity index is 1.51. The Morgan fingerprint density at radius 1 is 0.391 bits per heavy atom. The highest BCUT2D eigenvalue weighted by molar-refractivity contribution is 6.21. The van der Waals surface area contributed by atoms with Crippen LogP contribution in [-0.4, -0.2) is 45.9 Å². The van der Waals surface area contributed by atoms with Crippen molar-refractivity contribution < 1.29 is 18.9 Å². The minimum absolute atomic E-state index is 0.243. The van der Waals surface area contributed by atoms with Gasteiger partial charge in [-0.1, -0.05) is 150 Å². The average molecular weight is 840 g/mol. The van der Waals surface area contributed by atoms with Crippen molar-refractivity contribution in [2.75, 3.05) is 28.4 Å². The molecule has 0 atom stereocenters. The second-order valence-electron chi connectivity index (χ2n) is 15.9. The highest BCUT2D eigenvalue weighted by Crippen LogP contribution is 2.61. The van der Waals surface area contributed by atoms with Crippen molar-refractivity contribution in [3.63, 3.8) is 0 Å². The van der Waals surface area contributed by atoms with E-state index in [2.05, 4.69) is 212 Å². The molecule has 0 heterocycles. The van der Waals surface area contributed by atoms with E-state index in [9.17, 15) is 0 Å². The van der Waals surface area contributed by atoms with Gasteiger partial charge in [0.15, 0.2) is 0 Å². The van der Waals surface area contributed by atoms with E-state index >= 15 is 0 Å². The predicted molar refractivity (Wildman–Crippen MR) is 258 cm³/mol. The highest BCUT2D eigenvalue weighted by Gasteiger charge is 2.78. The summed E-state index contributed by atoms with van der Waals surface area (Å²) >= 11 is 0. The molecule has 0 bridgehead atoms. The monoisotopic (exact) mass is 839 g/mol. The minimum Gasteiger partial charge on any atom is -0.497 e. The molecule has 1 aliphatic carbocycles. The third-order valence-corrected chi connectivity index (χ3v) is 12.7.